The minimum atomic E-state index is -4.45. The van der Waals surface area contributed by atoms with E-state index in [1.165, 1.54) is 12.4 Å². The second-order valence-corrected chi connectivity index (χ2v) is 7.00. The van der Waals surface area contributed by atoms with Gasteiger partial charge in [-0.2, -0.15) is 13.2 Å². The molecular formula is C21H19F3N4O. The average Bonchev–Trinajstić information content (AvgIpc) is 3.12. The Morgan fingerprint density at radius 2 is 1.97 bits per heavy atom. The molecule has 0 fully saturated rings. The number of nitrogen functional groups attached to an aromatic ring is 1. The smallest absolute Gasteiger partial charge is 0.398 e. The average molecular weight is 400 g/mol. The fraction of sp³-hybridized carbons (Fsp3) is 0.238. The number of aromatic nitrogens is 2. The molecule has 29 heavy (non-hydrogen) atoms. The van der Waals surface area contributed by atoms with Gasteiger partial charge >= 0.3 is 6.18 Å². The van der Waals surface area contributed by atoms with E-state index in [1.807, 2.05) is 18.2 Å². The van der Waals surface area contributed by atoms with E-state index in [4.69, 9.17) is 5.73 Å². The van der Waals surface area contributed by atoms with Gasteiger partial charge in [0.2, 0.25) is 0 Å². The summed E-state index contributed by atoms with van der Waals surface area (Å²) in [6.45, 7) is 0.112. The van der Waals surface area contributed by atoms with Gasteiger partial charge < -0.3 is 16.2 Å². The van der Waals surface area contributed by atoms with Gasteiger partial charge in [0.1, 0.15) is 12.1 Å². The Balaban J connectivity index is 1.64. The maximum absolute atomic E-state index is 12.9. The highest BCUT2D eigenvalue weighted by molar-refractivity contribution is 5.76. The predicted molar refractivity (Wildman–Crippen MR) is 105 cm³/mol. The van der Waals surface area contributed by atoms with Crippen LogP contribution in [0.5, 0.6) is 0 Å². The van der Waals surface area contributed by atoms with Gasteiger partial charge in [-0.05, 0) is 42.2 Å². The highest BCUT2D eigenvalue weighted by atomic mass is 19.4. The summed E-state index contributed by atoms with van der Waals surface area (Å²) in [6, 6.07) is 10.7. The Bertz CT molecular complexity index is 1050. The molecule has 1 unspecified atom stereocenters. The SMILES string of the molecule is Nc1cc(C(F)(F)F)ccc1-c1cc(Nc2cccc3c2CCC3CO)ncn1. The van der Waals surface area contributed by atoms with Crippen molar-refractivity contribution in [1.29, 1.82) is 0 Å². The fourth-order valence-corrected chi connectivity index (χ4v) is 3.73. The first-order chi connectivity index (χ1) is 13.9. The van der Waals surface area contributed by atoms with Crippen LogP contribution in [0.3, 0.4) is 0 Å². The lowest BCUT2D eigenvalue weighted by Crippen LogP contribution is -2.06. The number of fused-ring (bicyclic) bond motifs is 1. The van der Waals surface area contributed by atoms with E-state index in [9.17, 15) is 18.3 Å². The van der Waals surface area contributed by atoms with Crippen LogP contribution in [-0.2, 0) is 12.6 Å². The number of hydrogen-bond donors (Lipinski definition) is 3. The zero-order valence-electron chi connectivity index (χ0n) is 15.4. The van der Waals surface area contributed by atoms with Crippen LogP contribution in [0.15, 0.2) is 48.8 Å². The molecule has 0 saturated carbocycles. The second kappa shape index (κ2) is 7.36. The number of nitrogens with two attached hydrogens (primary N) is 1. The molecule has 0 aliphatic heterocycles. The standard InChI is InChI=1S/C21H19F3N4O/c22-21(23,24)13-5-7-16(17(25)8-13)19-9-20(27-11-26-19)28-18-3-1-2-14-12(10-29)4-6-15(14)18/h1-3,5,7-9,11-12,29H,4,6,10,25H2,(H,26,27,28). The van der Waals surface area contributed by atoms with Gasteiger partial charge in [0.05, 0.1) is 11.3 Å². The van der Waals surface area contributed by atoms with Crippen molar-refractivity contribution in [2.45, 2.75) is 24.9 Å². The zero-order chi connectivity index (χ0) is 20.6. The van der Waals surface area contributed by atoms with Gasteiger partial charge in [-0.15, -0.1) is 0 Å². The molecule has 0 saturated heterocycles. The molecule has 1 aliphatic carbocycles. The van der Waals surface area contributed by atoms with Crippen molar-refractivity contribution in [3.05, 3.63) is 65.5 Å². The molecule has 8 heteroatoms. The minimum Gasteiger partial charge on any atom is -0.398 e. The molecule has 3 aromatic rings. The summed E-state index contributed by atoms with van der Waals surface area (Å²) in [4.78, 5) is 8.38. The maximum atomic E-state index is 12.9. The fourth-order valence-electron chi connectivity index (χ4n) is 3.73. The predicted octanol–water partition coefficient (Wildman–Crippen LogP) is 4.51. The number of halogens is 3. The number of aliphatic hydroxyl groups excluding tert-OH is 1. The number of alkyl halides is 3. The third-order valence-electron chi connectivity index (χ3n) is 5.20. The topological polar surface area (TPSA) is 84.1 Å². The molecule has 1 atom stereocenters. The van der Waals surface area contributed by atoms with Gasteiger partial charge in [-0.3, -0.25) is 0 Å². The summed E-state index contributed by atoms with van der Waals surface area (Å²) in [5.41, 5.74) is 9.03. The Morgan fingerprint density at radius 1 is 1.14 bits per heavy atom. The Morgan fingerprint density at radius 3 is 2.69 bits per heavy atom. The third-order valence-corrected chi connectivity index (χ3v) is 5.20. The number of nitrogens with zero attached hydrogens (tertiary/aromatic N) is 2. The van der Waals surface area contributed by atoms with Crippen LogP contribution in [0.25, 0.3) is 11.3 Å². The quantitative estimate of drug-likeness (QED) is 0.561. The van der Waals surface area contributed by atoms with Gasteiger partial charge in [-0.1, -0.05) is 18.2 Å². The number of aliphatic hydroxyl groups is 1. The number of nitrogens with one attached hydrogen (secondary N) is 1. The summed E-state index contributed by atoms with van der Waals surface area (Å²) >= 11 is 0. The van der Waals surface area contributed by atoms with Crippen LogP contribution >= 0.6 is 0 Å². The van der Waals surface area contributed by atoms with Gasteiger partial charge in [0.25, 0.3) is 0 Å². The molecule has 2 aromatic carbocycles. The van der Waals surface area contributed by atoms with Crippen molar-refractivity contribution >= 4 is 17.2 Å². The van der Waals surface area contributed by atoms with Gasteiger partial charge in [0, 0.05) is 35.5 Å². The summed E-state index contributed by atoms with van der Waals surface area (Å²) in [5.74, 6) is 0.648. The van der Waals surface area contributed by atoms with Crippen LogP contribution in [0.4, 0.5) is 30.4 Å². The maximum Gasteiger partial charge on any atom is 0.416 e. The van der Waals surface area contributed by atoms with E-state index in [-0.39, 0.29) is 18.2 Å². The molecule has 4 rings (SSSR count). The lowest BCUT2D eigenvalue weighted by molar-refractivity contribution is -0.137. The first-order valence-corrected chi connectivity index (χ1v) is 9.15. The van der Waals surface area contributed by atoms with Crippen LogP contribution in [0.1, 0.15) is 29.0 Å². The monoisotopic (exact) mass is 400 g/mol. The van der Waals surface area contributed by atoms with Crippen LogP contribution in [-0.4, -0.2) is 21.7 Å². The van der Waals surface area contributed by atoms with Gasteiger partial charge in [0.15, 0.2) is 0 Å². The van der Waals surface area contributed by atoms with E-state index in [2.05, 4.69) is 15.3 Å². The first kappa shape index (κ1) is 19.2. The number of benzene rings is 2. The summed E-state index contributed by atoms with van der Waals surface area (Å²) < 4.78 is 38.6. The lowest BCUT2D eigenvalue weighted by Gasteiger charge is -2.14. The van der Waals surface area contributed by atoms with Crippen molar-refractivity contribution < 1.29 is 18.3 Å². The summed E-state index contributed by atoms with van der Waals surface area (Å²) in [5, 5.41) is 12.8. The minimum absolute atomic E-state index is 0.00383. The van der Waals surface area contributed by atoms with Crippen molar-refractivity contribution in [3.63, 3.8) is 0 Å². The Hall–Kier alpha value is -3.13. The largest absolute Gasteiger partial charge is 0.416 e. The van der Waals surface area contributed by atoms with Crippen LogP contribution in [0.2, 0.25) is 0 Å². The summed E-state index contributed by atoms with van der Waals surface area (Å²) in [6.07, 6.45) is -1.37. The van der Waals surface area contributed by atoms with E-state index >= 15 is 0 Å². The molecule has 0 spiro atoms. The van der Waals surface area contributed by atoms with Crippen molar-refractivity contribution in [2.75, 3.05) is 17.7 Å². The molecule has 1 aromatic heterocycles. The van der Waals surface area contributed by atoms with Crippen molar-refractivity contribution in [1.82, 2.24) is 9.97 Å². The highest BCUT2D eigenvalue weighted by Gasteiger charge is 2.31. The third kappa shape index (κ3) is 3.75. The van der Waals surface area contributed by atoms with Gasteiger partial charge in [-0.25, -0.2) is 9.97 Å². The number of rotatable bonds is 4. The molecular weight excluding hydrogens is 381 g/mol. The number of hydrogen-bond acceptors (Lipinski definition) is 5. The Kier molecular flexibility index (Phi) is 4.87. The molecule has 1 aliphatic rings. The van der Waals surface area contributed by atoms with Crippen LogP contribution in [0, 0.1) is 0 Å². The van der Waals surface area contributed by atoms with E-state index in [0.717, 1.165) is 41.8 Å². The molecule has 1 heterocycles. The second-order valence-electron chi connectivity index (χ2n) is 7.00. The molecule has 0 bridgehead atoms. The Labute approximate surface area is 165 Å². The molecule has 5 nitrogen and oxygen atoms in total. The molecule has 4 N–H and O–H groups in total. The zero-order valence-corrected chi connectivity index (χ0v) is 15.4. The van der Waals surface area contributed by atoms with Crippen LogP contribution < -0.4 is 11.1 Å². The van der Waals surface area contributed by atoms with E-state index < -0.39 is 11.7 Å². The molecule has 0 radical (unpaired) electrons. The molecule has 0 amide bonds. The van der Waals surface area contributed by atoms with E-state index in [0.29, 0.717) is 17.1 Å². The highest BCUT2D eigenvalue weighted by Crippen LogP contribution is 2.38. The normalized spacial score (nSPS) is 15.9. The van der Waals surface area contributed by atoms with Crippen molar-refractivity contribution in [3.8, 4) is 11.3 Å². The summed E-state index contributed by atoms with van der Waals surface area (Å²) in [7, 11) is 0. The first-order valence-electron chi connectivity index (χ1n) is 9.15. The van der Waals surface area contributed by atoms with E-state index in [1.54, 1.807) is 6.07 Å². The molecule has 150 valence electrons. The number of anilines is 3. The van der Waals surface area contributed by atoms with Crippen molar-refractivity contribution in [2.24, 2.45) is 0 Å². The lowest BCUT2D eigenvalue weighted by atomic mass is 10.0.